The van der Waals surface area contributed by atoms with Crippen LogP contribution in [-0.2, 0) is 0 Å². The van der Waals surface area contributed by atoms with Crippen molar-refractivity contribution in [3.63, 3.8) is 0 Å². The number of hydrogen-bond donors (Lipinski definition) is 2. The van der Waals surface area contributed by atoms with Crippen LogP contribution in [0.15, 0.2) is 71.5 Å². The molecule has 2 aromatic carbocycles. The van der Waals surface area contributed by atoms with Gasteiger partial charge in [0.1, 0.15) is 5.82 Å². The van der Waals surface area contributed by atoms with E-state index in [4.69, 9.17) is 5.73 Å². The van der Waals surface area contributed by atoms with Crippen LogP contribution in [0.5, 0.6) is 0 Å². The Labute approximate surface area is 182 Å². The van der Waals surface area contributed by atoms with Gasteiger partial charge in [-0.3, -0.25) is 4.99 Å². The van der Waals surface area contributed by atoms with Gasteiger partial charge in [-0.1, -0.05) is 64.6 Å². The number of nitrogens with zero attached hydrogens (tertiary/aromatic N) is 1. The molecule has 4 heteroatoms. The summed E-state index contributed by atoms with van der Waals surface area (Å²) in [4.78, 5) is 3.76. The molecule has 0 saturated heterocycles. The van der Waals surface area contributed by atoms with Gasteiger partial charge in [0.15, 0.2) is 0 Å². The second kappa shape index (κ2) is 15.0. The van der Waals surface area contributed by atoms with Gasteiger partial charge >= 0.3 is 0 Å². The monoisotopic (exact) mass is 411 g/mol. The van der Waals surface area contributed by atoms with Gasteiger partial charge in [-0.05, 0) is 68.3 Å². The van der Waals surface area contributed by atoms with Gasteiger partial charge in [0.2, 0.25) is 0 Å². The van der Waals surface area contributed by atoms with E-state index < -0.39 is 0 Å². The summed E-state index contributed by atoms with van der Waals surface area (Å²) in [6.45, 7) is 18.9. The van der Waals surface area contributed by atoms with Crippen LogP contribution < -0.4 is 11.1 Å². The molecule has 0 saturated carbocycles. The lowest BCUT2D eigenvalue weighted by Crippen LogP contribution is -2.13. The third kappa shape index (κ3) is 9.08. The quantitative estimate of drug-likeness (QED) is 0.349. The van der Waals surface area contributed by atoms with E-state index in [1.807, 2.05) is 58.9 Å². The molecule has 0 spiro atoms. The Balaban J connectivity index is 0.00000198. The molecular formula is C26H38FN3. The highest BCUT2D eigenvalue weighted by Gasteiger charge is 2.14. The lowest BCUT2D eigenvalue weighted by atomic mass is 9.99. The molecule has 0 bridgehead atoms. The summed E-state index contributed by atoms with van der Waals surface area (Å²) in [6.07, 6.45) is 3.20. The summed E-state index contributed by atoms with van der Waals surface area (Å²) in [7, 11) is 0. The largest absolute Gasteiger partial charge is 0.402 e. The third-order valence-electron chi connectivity index (χ3n) is 4.31. The molecule has 0 aliphatic heterocycles. The standard InChI is InChI=1S/C22H26FN3.2C2H6/c1-15-13-22(16(2)12-20(15)23)26-21(18-8-6-5-7-9-18)11-10-19(24)14-17(3)25-4;2*1-2/h5-9,12-14,21,26H,3-4,10-11,24H2,1-2H3;2*1-2H3/b19-14-;;. The zero-order chi connectivity index (χ0) is 23.1. The summed E-state index contributed by atoms with van der Waals surface area (Å²) in [5.74, 6) is -0.188. The van der Waals surface area contributed by atoms with Crippen LogP contribution in [0.2, 0.25) is 0 Å². The van der Waals surface area contributed by atoms with Gasteiger partial charge in [0, 0.05) is 11.4 Å². The minimum Gasteiger partial charge on any atom is -0.402 e. The predicted molar refractivity (Wildman–Crippen MR) is 132 cm³/mol. The number of aliphatic imine (C=N–C) groups is 1. The number of nitrogens with one attached hydrogen (secondary N) is 1. The fourth-order valence-corrected chi connectivity index (χ4v) is 2.77. The van der Waals surface area contributed by atoms with Gasteiger partial charge in [-0.15, -0.1) is 0 Å². The lowest BCUT2D eigenvalue weighted by Gasteiger charge is -2.22. The average molecular weight is 412 g/mol. The molecule has 1 unspecified atom stereocenters. The van der Waals surface area contributed by atoms with Crippen molar-refractivity contribution in [2.45, 2.75) is 60.4 Å². The fourth-order valence-electron chi connectivity index (χ4n) is 2.77. The Hall–Kier alpha value is -2.88. The first kappa shape index (κ1) is 27.1. The first-order valence-electron chi connectivity index (χ1n) is 10.6. The molecule has 30 heavy (non-hydrogen) atoms. The van der Waals surface area contributed by atoms with E-state index in [9.17, 15) is 4.39 Å². The SMILES string of the molecule is C=NC(=C)/C=C(\N)CCC(Nc1cc(C)c(F)cc1C)c1ccccc1.CC.CC. The average Bonchev–Trinajstić information content (AvgIpc) is 2.77. The highest BCUT2D eigenvalue weighted by Crippen LogP contribution is 2.28. The first-order valence-corrected chi connectivity index (χ1v) is 10.6. The Kier molecular flexibility index (Phi) is 13.6. The van der Waals surface area contributed by atoms with Crippen LogP contribution >= 0.6 is 0 Å². The minimum absolute atomic E-state index is 0.0525. The van der Waals surface area contributed by atoms with E-state index >= 15 is 0 Å². The number of hydrogen-bond acceptors (Lipinski definition) is 3. The van der Waals surface area contributed by atoms with Crippen molar-refractivity contribution in [1.82, 2.24) is 0 Å². The fraction of sp³-hybridized carbons (Fsp3) is 0.346. The number of nitrogens with two attached hydrogens (primary N) is 1. The molecule has 164 valence electrons. The highest BCUT2D eigenvalue weighted by molar-refractivity contribution is 5.54. The van der Waals surface area contributed by atoms with Crippen LogP contribution in [0.1, 0.15) is 63.3 Å². The second-order valence-corrected chi connectivity index (χ2v) is 6.43. The maximum absolute atomic E-state index is 13.8. The zero-order valence-corrected chi connectivity index (χ0v) is 19.4. The summed E-state index contributed by atoms with van der Waals surface area (Å²) >= 11 is 0. The number of anilines is 1. The van der Waals surface area contributed by atoms with Crippen molar-refractivity contribution >= 4 is 12.4 Å². The van der Waals surface area contributed by atoms with Crippen LogP contribution in [-0.4, -0.2) is 6.72 Å². The van der Waals surface area contributed by atoms with Gasteiger partial charge in [-0.2, -0.15) is 0 Å². The molecule has 2 aromatic rings. The molecule has 0 aromatic heterocycles. The maximum Gasteiger partial charge on any atom is 0.126 e. The van der Waals surface area contributed by atoms with E-state index in [1.165, 1.54) is 0 Å². The molecule has 0 amide bonds. The Morgan fingerprint density at radius 1 is 1.10 bits per heavy atom. The van der Waals surface area contributed by atoms with Gasteiger partial charge in [0.25, 0.3) is 0 Å². The number of rotatable bonds is 8. The van der Waals surface area contributed by atoms with Crippen molar-refractivity contribution in [2.75, 3.05) is 5.32 Å². The molecule has 0 aliphatic carbocycles. The molecule has 0 radical (unpaired) electrons. The van der Waals surface area contributed by atoms with Crippen LogP contribution in [0.25, 0.3) is 0 Å². The summed E-state index contributed by atoms with van der Waals surface area (Å²) in [5.41, 5.74) is 10.9. The zero-order valence-electron chi connectivity index (χ0n) is 19.4. The van der Waals surface area contributed by atoms with Crippen LogP contribution in [0.4, 0.5) is 10.1 Å². The van der Waals surface area contributed by atoms with E-state index in [1.54, 1.807) is 19.1 Å². The summed E-state index contributed by atoms with van der Waals surface area (Å²) in [6, 6.07) is 13.6. The van der Waals surface area contributed by atoms with E-state index in [2.05, 4.69) is 35.7 Å². The minimum atomic E-state index is -0.188. The summed E-state index contributed by atoms with van der Waals surface area (Å²) in [5, 5.41) is 3.55. The van der Waals surface area contributed by atoms with Crippen molar-refractivity contribution in [3.05, 3.63) is 89.0 Å². The van der Waals surface area contributed by atoms with Crippen molar-refractivity contribution in [3.8, 4) is 0 Å². The molecule has 0 fully saturated rings. The molecular weight excluding hydrogens is 373 g/mol. The molecule has 3 N–H and O–H groups in total. The van der Waals surface area contributed by atoms with E-state index in [-0.39, 0.29) is 11.9 Å². The van der Waals surface area contributed by atoms with Gasteiger partial charge in [-0.25, -0.2) is 4.39 Å². The number of benzene rings is 2. The van der Waals surface area contributed by atoms with E-state index in [0.717, 1.165) is 23.2 Å². The molecule has 1 atom stereocenters. The maximum atomic E-state index is 13.8. The molecule has 2 rings (SSSR count). The first-order chi connectivity index (χ1) is 14.4. The summed E-state index contributed by atoms with van der Waals surface area (Å²) < 4.78 is 13.8. The van der Waals surface area contributed by atoms with Crippen LogP contribution in [0.3, 0.4) is 0 Å². The third-order valence-corrected chi connectivity index (χ3v) is 4.31. The normalized spacial score (nSPS) is 11.2. The second-order valence-electron chi connectivity index (χ2n) is 6.43. The van der Waals surface area contributed by atoms with Crippen molar-refractivity contribution < 1.29 is 4.39 Å². The lowest BCUT2D eigenvalue weighted by molar-refractivity contribution is 0.617. The Morgan fingerprint density at radius 2 is 1.70 bits per heavy atom. The topological polar surface area (TPSA) is 50.4 Å². The van der Waals surface area contributed by atoms with Gasteiger partial charge in [0.05, 0.1) is 11.7 Å². The smallest absolute Gasteiger partial charge is 0.126 e. The van der Waals surface area contributed by atoms with Crippen LogP contribution in [0, 0.1) is 19.7 Å². The van der Waals surface area contributed by atoms with Gasteiger partial charge < -0.3 is 11.1 Å². The number of aryl methyl sites for hydroxylation is 2. The molecule has 3 nitrogen and oxygen atoms in total. The Morgan fingerprint density at radius 3 is 2.27 bits per heavy atom. The van der Waals surface area contributed by atoms with E-state index in [0.29, 0.717) is 23.4 Å². The number of allylic oxidation sites excluding steroid dienone is 2. The predicted octanol–water partition coefficient (Wildman–Crippen LogP) is 7.49. The van der Waals surface area contributed by atoms with Crippen molar-refractivity contribution in [2.24, 2.45) is 10.7 Å². The molecule has 0 aliphatic rings. The highest BCUT2D eigenvalue weighted by atomic mass is 19.1. The van der Waals surface area contributed by atoms with Crippen molar-refractivity contribution in [1.29, 1.82) is 0 Å². The molecule has 0 heterocycles. The Bertz CT molecular complexity index is 811. The number of halogens is 1.